The molecule has 5 heteroatoms. The first-order valence-corrected chi connectivity index (χ1v) is 15.9. The number of hydrogen-bond donors (Lipinski definition) is 0. The molecule has 0 unspecified atom stereocenters. The van der Waals surface area contributed by atoms with E-state index in [1.54, 1.807) is 12.1 Å². The monoisotopic (exact) mass is 666 g/mol. The zero-order valence-corrected chi connectivity index (χ0v) is 29.6. The Labute approximate surface area is 266 Å². The molecule has 1 aromatic carbocycles. The summed E-state index contributed by atoms with van der Waals surface area (Å²) in [5, 5.41) is 20.9. The molecule has 0 spiro atoms. The fourth-order valence-corrected chi connectivity index (χ4v) is 3.59. The van der Waals surface area contributed by atoms with Crippen LogP contribution in [-0.4, -0.2) is 35.8 Å². The molecule has 0 fully saturated rings. The molecule has 0 aliphatic heterocycles. The average Bonchev–Trinajstić information content (AvgIpc) is 2.95. The van der Waals surface area contributed by atoms with Crippen LogP contribution in [0.3, 0.4) is 0 Å². The second kappa shape index (κ2) is 40.1. The van der Waals surface area contributed by atoms with Crippen LogP contribution < -0.4 is 10.2 Å². The normalized spacial score (nSPS) is 9.55. The van der Waals surface area contributed by atoms with Crippen molar-refractivity contribution in [3.05, 3.63) is 49.2 Å². The van der Waals surface area contributed by atoms with E-state index < -0.39 is 11.9 Å². The number of rotatable bonds is 20. The van der Waals surface area contributed by atoms with Gasteiger partial charge >= 0.3 is 23.9 Å². The van der Waals surface area contributed by atoms with Crippen LogP contribution in [0.15, 0.2) is 24.3 Å². The number of aryl methyl sites for hydroxylation is 1. The van der Waals surface area contributed by atoms with Crippen molar-refractivity contribution >= 4 is 35.8 Å². The Balaban J connectivity index is -0.000000256. The molecule has 0 aliphatic carbocycles. The van der Waals surface area contributed by atoms with E-state index in [9.17, 15) is 19.8 Å². The molecular weight excluding hydrogens is 603 g/mol. The largest absolute Gasteiger partial charge is 2.00 e. The number of aromatic carboxylic acids is 1. The molecule has 4 nitrogen and oxygen atoms in total. The number of benzene rings is 1. The summed E-state index contributed by atoms with van der Waals surface area (Å²) in [4.78, 5) is 20.9. The van der Waals surface area contributed by atoms with Gasteiger partial charge in [0.1, 0.15) is 0 Å². The number of hydrogen-bond acceptors (Lipinski definition) is 4. The summed E-state index contributed by atoms with van der Waals surface area (Å²) in [6, 6.07) is 7.03. The molecule has 230 valence electrons. The van der Waals surface area contributed by atoms with Gasteiger partial charge in [-0.25, -0.2) is 0 Å². The minimum Gasteiger partial charge on any atom is -0.550 e. The Bertz CT molecular complexity index is 626. The van der Waals surface area contributed by atoms with Crippen molar-refractivity contribution in [2.45, 2.75) is 163 Å². The summed E-state index contributed by atoms with van der Waals surface area (Å²) in [6.07, 6.45) is 24.4. The first kappa shape index (κ1) is 45.9. The first-order valence-electron chi connectivity index (χ1n) is 15.9. The predicted molar refractivity (Wildman–Crippen MR) is 171 cm³/mol. The zero-order chi connectivity index (χ0) is 30.0. The summed E-state index contributed by atoms with van der Waals surface area (Å²) in [7, 11) is 0. The van der Waals surface area contributed by atoms with Gasteiger partial charge in [0, 0.05) is 11.5 Å². The molecule has 0 aliphatic rings. The summed E-state index contributed by atoms with van der Waals surface area (Å²) in [6.45, 7) is 15.8. The Morgan fingerprint density at radius 1 is 0.600 bits per heavy atom. The van der Waals surface area contributed by atoms with Crippen LogP contribution in [0, 0.1) is 13.8 Å². The van der Waals surface area contributed by atoms with Crippen molar-refractivity contribution in [3.8, 4) is 0 Å². The van der Waals surface area contributed by atoms with E-state index in [2.05, 4.69) is 41.5 Å². The van der Waals surface area contributed by atoms with Gasteiger partial charge in [-0.2, -0.15) is 0 Å². The van der Waals surface area contributed by atoms with Crippen LogP contribution in [0.2, 0.25) is 0 Å². The minimum atomic E-state index is -1.08. The van der Waals surface area contributed by atoms with E-state index in [4.69, 9.17) is 0 Å². The minimum absolute atomic E-state index is 0. The Kier molecular flexibility index (Phi) is 46.0. The van der Waals surface area contributed by atoms with E-state index in [0.717, 1.165) is 50.5 Å². The van der Waals surface area contributed by atoms with Crippen LogP contribution in [0.1, 0.15) is 172 Å². The molecule has 4 radical (unpaired) electrons. The molecule has 0 saturated heterocycles. The van der Waals surface area contributed by atoms with Crippen molar-refractivity contribution in [1.29, 1.82) is 0 Å². The van der Waals surface area contributed by atoms with Gasteiger partial charge in [-0.3, -0.25) is 0 Å². The van der Waals surface area contributed by atoms with E-state index in [0.29, 0.717) is 5.56 Å². The maximum absolute atomic E-state index is 10.7. The fraction of sp³-hybridized carbons (Fsp3) is 0.714. The maximum Gasteiger partial charge on any atom is 2.00 e. The Morgan fingerprint density at radius 3 is 1.32 bits per heavy atom. The van der Waals surface area contributed by atoms with E-state index in [1.807, 2.05) is 12.1 Å². The second-order valence-corrected chi connectivity index (χ2v) is 10.1. The molecule has 0 N–H and O–H groups in total. The third kappa shape index (κ3) is 39.1. The smallest absolute Gasteiger partial charge is 0.550 e. The molecule has 40 heavy (non-hydrogen) atoms. The summed E-state index contributed by atoms with van der Waals surface area (Å²) in [5.41, 5.74) is 1.21. The van der Waals surface area contributed by atoms with Gasteiger partial charge in [-0.15, -0.1) is 0 Å². The zero-order valence-electron chi connectivity index (χ0n) is 26.7. The average molecular weight is 666 g/mol. The quantitative estimate of drug-likeness (QED) is 0.103. The van der Waals surface area contributed by atoms with Crippen molar-refractivity contribution in [2.75, 3.05) is 0 Å². The molecule has 0 saturated carbocycles. The molecule has 0 heterocycles. The number of aliphatic carboxylic acids is 1. The molecule has 1 aromatic rings. The molecule has 0 bridgehead atoms. The predicted octanol–water partition coefficient (Wildman–Crippen LogP) is 8.47. The van der Waals surface area contributed by atoms with E-state index in [1.165, 1.54) is 83.5 Å². The van der Waals surface area contributed by atoms with Gasteiger partial charge in [-0.05, 0) is 31.2 Å². The third-order valence-corrected chi connectivity index (χ3v) is 6.23. The number of carbonyl (C=O) groups excluding carboxylic acids is 2. The van der Waals surface area contributed by atoms with Gasteiger partial charge in [0.05, 0.1) is 5.97 Å². The summed E-state index contributed by atoms with van der Waals surface area (Å²) in [5.74, 6) is -1.98. The maximum atomic E-state index is 10.7. The standard InChI is InChI=1S/C16H32O2.C11H14O2.2C4H9.Sn/c1-2-3-4-5-6-7-8-9-10-11-12-13-14-15-16(17)18;1-2-3-6-9-7-4-5-8-10(9)11(12)13;2*1-3-4-2;/h2-15H2,1H3,(H,17,18);4-5,7-8H,2-3,6H2,1H3,(H,12,13);2*1,3-4H2,2H3;/q;;;;+2/p-2. The van der Waals surface area contributed by atoms with Crippen LogP contribution in [0.5, 0.6) is 0 Å². The Morgan fingerprint density at radius 2 is 0.975 bits per heavy atom. The Hall–Kier alpha value is -1.04. The SMILES string of the molecule is CCCCCCCCCCCCCCCC(=O)[O-].CCCCc1ccccc1C(=O)[O-].[CH2]CCC.[CH2]CCC.[Sn+2]. The van der Waals surface area contributed by atoms with Crippen molar-refractivity contribution < 1.29 is 19.8 Å². The molecule has 1 rings (SSSR count). The number of carboxylic acids is 2. The van der Waals surface area contributed by atoms with E-state index >= 15 is 0 Å². The molecular formula is C35H62O4Sn. The van der Waals surface area contributed by atoms with Crippen LogP contribution >= 0.6 is 0 Å². The number of carbonyl (C=O) groups is 2. The van der Waals surface area contributed by atoms with Gasteiger partial charge in [0.15, 0.2) is 0 Å². The van der Waals surface area contributed by atoms with Gasteiger partial charge in [0.2, 0.25) is 0 Å². The summed E-state index contributed by atoms with van der Waals surface area (Å²) < 4.78 is 0. The number of carboxylic acid groups (broad SMARTS) is 2. The van der Waals surface area contributed by atoms with Crippen LogP contribution in [-0.2, 0) is 11.2 Å². The summed E-state index contributed by atoms with van der Waals surface area (Å²) >= 11 is 0. The fourth-order valence-electron chi connectivity index (χ4n) is 3.59. The van der Waals surface area contributed by atoms with Gasteiger partial charge in [-0.1, -0.05) is 175 Å². The van der Waals surface area contributed by atoms with Crippen molar-refractivity contribution in [2.24, 2.45) is 0 Å². The van der Waals surface area contributed by atoms with E-state index in [-0.39, 0.29) is 30.3 Å². The van der Waals surface area contributed by atoms with Gasteiger partial charge < -0.3 is 19.8 Å². The van der Waals surface area contributed by atoms with Crippen LogP contribution in [0.4, 0.5) is 0 Å². The number of unbranched alkanes of at least 4 members (excludes halogenated alkanes) is 15. The third-order valence-electron chi connectivity index (χ3n) is 6.23. The van der Waals surface area contributed by atoms with Crippen LogP contribution in [0.25, 0.3) is 0 Å². The second-order valence-electron chi connectivity index (χ2n) is 10.1. The molecule has 0 amide bonds. The molecule has 0 atom stereocenters. The van der Waals surface area contributed by atoms with Crippen molar-refractivity contribution in [1.82, 2.24) is 0 Å². The topological polar surface area (TPSA) is 80.3 Å². The first-order chi connectivity index (χ1) is 18.9. The van der Waals surface area contributed by atoms with Crippen molar-refractivity contribution in [3.63, 3.8) is 0 Å². The van der Waals surface area contributed by atoms with Gasteiger partial charge in [0.25, 0.3) is 0 Å². The molecule has 0 aromatic heterocycles.